The molecule has 1 fully saturated rings. The van der Waals surface area contributed by atoms with Crippen LogP contribution in [0, 0.1) is 5.82 Å². The molecule has 6 nitrogen and oxygen atoms in total. The summed E-state index contributed by atoms with van der Waals surface area (Å²) in [5, 5.41) is 7.18. The number of fused-ring (bicyclic) bond motifs is 1. The van der Waals surface area contributed by atoms with Gasteiger partial charge in [0.25, 0.3) is 11.8 Å². The Morgan fingerprint density at radius 3 is 2.88 bits per heavy atom. The first kappa shape index (κ1) is 15.8. The highest BCUT2D eigenvalue weighted by atomic mass is 19.1. The molecule has 1 aliphatic heterocycles. The summed E-state index contributed by atoms with van der Waals surface area (Å²) in [5.74, 6) is -0.726. The molecule has 0 radical (unpaired) electrons. The molecule has 2 amide bonds. The van der Waals surface area contributed by atoms with Crippen molar-refractivity contribution in [2.24, 2.45) is 0 Å². The third-order valence-electron chi connectivity index (χ3n) is 4.49. The number of halogens is 1. The van der Waals surface area contributed by atoms with E-state index in [4.69, 9.17) is 0 Å². The Balaban J connectivity index is 1.54. The van der Waals surface area contributed by atoms with Gasteiger partial charge in [0.15, 0.2) is 5.69 Å². The molecule has 2 heterocycles. The summed E-state index contributed by atoms with van der Waals surface area (Å²) in [6.45, 7) is 1.49. The third kappa shape index (κ3) is 3.40. The number of carbonyl (C=O) groups is 2. The summed E-state index contributed by atoms with van der Waals surface area (Å²) in [6, 6.07) is 8.06. The molecule has 4 rings (SSSR count). The van der Waals surface area contributed by atoms with Gasteiger partial charge in [0.2, 0.25) is 0 Å². The Morgan fingerprint density at radius 2 is 2.12 bits per heavy atom. The normalized spacial score (nSPS) is 17.2. The summed E-state index contributed by atoms with van der Waals surface area (Å²) in [7, 11) is 0. The predicted molar refractivity (Wildman–Crippen MR) is 88.5 cm³/mol. The number of aromatic nitrogens is 2. The molecule has 130 valence electrons. The van der Waals surface area contributed by atoms with E-state index in [1.807, 2.05) is 0 Å². The molecule has 0 bridgehead atoms. The van der Waals surface area contributed by atoms with Gasteiger partial charge in [-0.15, -0.1) is 0 Å². The molecule has 1 aliphatic carbocycles. The zero-order valence-electron chi connectivity index (χ0n) is 13.7. The minimum absolute atomic E-state index is 0.181. The molecule has 0 unspecified atom stereocenters. The van der Waals surface area contributed by atoms with Gasteiger partial charge in [0.1, 0.15) is 11.5 Å². The van der Waals surface area contributed by atoms with Gasteiger partial charge >= 0.3 is 0 Å². The van der Waals surface area contributed by atoms with Gasteiger partial charge in [0.05, 0.1) is 0 Å². The monoisotopic (exact) mass is 342 g/mol. The standard InChI is InChI=1S/C18H19FN4O2/c19-13-4-1-3-12(9-13)11-22-7-2-8-23-16(18(22)25)10-15(21-23)17(24)20-14-5-6-14/h1,3-4,9-10,14H,2,5-8,11H2,(H,20,24). The van der Waals surface area contributed by atoms with Crippen molar-refractivity contribution < 1.29 is 14.0 Å². The van der Waals surface area contributed by atoms with E-state index >= 15 is 0 Å². The number of benzene rings is 1. The minimum Gasteiger partial charge on any atom is -0.348 e. The second-order valence-electron chi connectivity index (χ2n) is 6.60. The minimum atomic E-state index is -0.316. The molecule has 1 aromatic heterocycles. The van der Waals surface area contributed by atoms with Crippen LogP contribution in [0.2, 0.25) is 0 Å². The lowest BCUT2D eigenvalue weighted by Gasteiger charge is -2.20. The summed E-state index contributed by atoms with van der Waals surface area (Å²) >= 11 is 0. The second-order valence-corrected chi connectivity index (χ2v) is 6.60. The molecule has 0 atom stereocenters. The highest BCUT2D eigenvalue weighted by Crippen LogP contribution is 2.20. The zero-order valence-corrected chi connectivity index (χ0v) is 13.7. The first-order valence-corrected chi connectivity index (χ1v) is 8.52. The Hall–Kier alpha value is -2.70. The predicted octanol–water partition coefficient (Wildman–Crippen LogP) is 1.96. The smallest absolute Gasteiger partial charge is 0.272 e. The highest BCUT2D eigenvalue weighted by molar-refractivity contribution is 5.98. The molecule has 1 N–H and O–H groups in total. The topological polar surface area (TPSA) is 67.2 Å². The van der Waals surface area contributed by atoms with Crippen molar-refractivity contribution >= 4 is 11.8 Å². The van der Waals surface area contributed by atoms with Crippen molar-refractivity contribution in [2.75, 3.05) is 6.54 Å². The summed E-state index contributed by atoms with van der Waals surface area (Å²) in [6.07, 6.45) is 2.73. The van der Waals surface area contributed by atoms with E-state index in [9.17, 15) is 14.0 Å². The number of hydrogen-bond acceptors (Lipinski definition) is 3. The van der Waals surface area contributed by atoms with Crippen molar-refractivity contribution in [3.8, 4) is 0 Å². The van der Waals surface area contributed by atoms with Crippen LogP contribution in [0.5, 0.6) is 0 Å². The highest BCUT2D eigenvalue weighted by Gasteiger charge is 2.29. The summed E-state index contributed by atoms with van der Waals surface area (Å²) in [4.78, 5) is 26.7. The van der Waals surface area contributed by atoms with Gasteiger partial charge in [-0.05, 0) is 37.0 Å². The quantitative estimate of drug-likeness (QED) is 0.924. The zero-order chi connectivity index (χ0) is 17.4. The van der Waals surface area contributed by atoms with Gasteiger partial charge in [-0.3, -0.25) is 14.3 Å². The number of amides is 2. The fraction of sp³-hybridized carbons (Fsp3) is 0.389. The lowest BCUT2D eigenvalue weighted by Crippen LogP contribution is -2.30. The van der Waals surface area contributed by atoms with Gasteiger partial charge in [0, 0.05) is 31.7 Å². The summed E-state index contributed by atoms with van der Waals surface area (Å²) in [5.41, 5.74) is 1.44. The number of carbonyl (C=O) groups excluding carboxylic acids is 2. The maximum atomic E-state index is 13.4. The Bertz CT molecular complexity index is 828. The number of nitrogens with zero attached hydrogens (tertiary/aromatic N) is 3. The lowest BCUT2D eigenvalue weighted by molar-refractivity contribution is 0.0745. The van der Waals surface area contributed by atoms with E-state index < -0.39 is 0 Å². The number of aryl methyl sites for hydroxylation is 1. The van der Waals surface area contributed by atoms with E-state index in [1.54, 1.807) is 27.8 Å². The van der Waals surface area contributed by atoms with Crippen LogP contribution in [0.1, 0.15) is 45.8 Å². The van der Waals surface area contributed by atoms with Crippen LogP contribution in [-0.4, -0.2) is 39.1 Å². The average molecular weight is 342 g/mol. The molecule has 1 saturated carbocycles. The van der Waals surface area contributed by atoms with Crippen molar-refractivity contribution in [2.45, 2.75) is 38.4 Å². The van der Waals surface area contributed by atoms with Gasteiger partial charge in [-0.2, -0.15) is 5.10 Å². The Morgan fingerprint density at radius 1 is 1.28 bits per heavy atom. The molecule has 7 heteroatoms. The Labute approximate surface area is 144 Å². The van der Waals surface area contributed by atoms with E-state index in [-0.39, 0.29) is 29.4 Å². The molecule has 0 spiro atoms. The van der Waals surface area contributed by atoms with Crippen molar-refractivity contribution in [1.29, 1.82) is 0 Å². The van der Waals surface area contributed by atoms with Crippen LogP contribution in [0.3, 0.4) is 0 Å². The summed E-state index contributed by atoms with van der Waals surface area (Å²) < 4.78 is 15.0. The third-order valence-corrected chi connectivity index (χ3v) is 4.49. The van der Waals surface area contributed by atoms with Crippen LogP contribution in [0.15, 0.2) is 30.3 Å². The van der Waals surface area contributed by atoms with Crippen LogP contribution in [0.4, 0.5) is 4.39 Å². The average Bonchev–Trinajstić information content (AvgIpc) is 3.31. The molecule has 25 heavy (non-hydrogen) atoms. The van der Waals surface area contributed by atoms with E-state index in [2.05, 4.69) is 10.4 Å². The van der Waals surface area contributed by atoms with Crippen molar-refractivity contribution in [3.63, 3.8) is 0 Å². The van der Waals surface area contributed by atoms with Crippen LogP contribution < -0.4 is 5.32 Å². The van der Waals surface area contributed by atoms with Crippen LogP contribution in [0.25, 0.3) is 0 Å². The van der Waals surface area contributed by atoms with E-state index in [1.165, 1.54) is 12.1 Å². The SMILES string of the molecule is O=C(NC1CC1)c1cc2n(n1)CCCN(Cc1cccc(F)c1)C2=O. The number of hydrogen-bond donors (Lipinski definition) is 1. The van der Waals surface area contributed by atoms with Crippen LogP contribution >= 0.6 is 0 Å². The number of rotatable bonds is 4. The molecular formula is C18H19FN4O2. The van der Waals surface area contributed by atoms with Gasteiger partial charge < -0.3 is 10.2 Å². The van der Waals surface area contributed by atoms with Gasteiger partial charge in [-0.1, -0.05) is 12.1 Å². The van der Waals surface area contributed by atoms with Crippen molar-refractivity contribution in [1.82, 2.24) is 20.0 Å². The molecule has 0 saturated heterocycles. The first-order chi connectivity index (χ1) is 12.1. The van der Waals surface area contributed by atoms with Crippen molar-refractivity contribution in [3.05, 3.63) is 53.1 Å². The van der Waals surface area contributed by atoms with Crippen LogP contribution in [-0.2, 0) is 13.1 Å². The maximum absolute atomic E-state index is 13.4. The second kappa shape index (κ2) is 6.31. The maximum Gasteiger partial charge on any atom is 0.272 e. The fourth-order valence-corrected chi connectivity index (χ4v) is 3.04. The lowest BCUT2D eigenvalue weighted by atomic mass is 10.2. The van der Waals surface area contributed by atoms with E-state index in [0.717, 1.165) is 24.8 Å². The molecular weight excluding hydrogens is 323 g/mol. The largest absolute Gasteiger partial charge is 0.348 e. The molecule has 2 aromatic rings. The number of nitrogens with one attached hydrogen (secondary N) is 1. The van der Waals surface area contributed by atoms with Gasteiger partial charge in [-0.25, -0.2) is 4.39 Å². The van der Waals surface area contributed by atoms with E-state index in [0.29, 0.717) is 25.3 Å². The molecule has 2 aliphatic rings. The molecule has 1 aromatic carbocycles. The first-order valence-electron chi connectivity index (χ1n) is 8.52. The fourth-order valence-electron chi connectivity index (χ4n) is 3.04. The Kier molecular flexibility index (Phi) is 3.99.